The number of nitrogen functional groups attached to an aromatic ring is 1. The lowest BCUT2D eigenvalue weighted by atomic mass is 10.2. The third kappa shape index (κ3) is 2.94. The van der Waals surface area contributed by atoms with Crippen LogP contribution in [0.3, 0.4) is 0 Å². The lowest BCUT2D eigenvalue weighted by molar-refractivity contribution is 0.301. The number of halogens is 3. The summed E-state index contributed by atoms with van der Waals surface area (Å²) in [5.41, 5.74) is 6.60. The van der Waals surface area contributed by atoms with Gasteiger partial charge in [0.15, 0.2) is 5.75 Å². The number of para-hydroxylation sites is 1. The summed E-state index contributed by atoms with van der Waals surface area (Å²) in [4.78, 5) is 0. The fraction of sp³-hybridized carbons (Fsp3) is 0.0769. The van der Waals surface area contributed by atoms with E-state index in [-0.39, 0.29) is 12.4 Å². The van der Waals surface area contributed by atoms with Crippen LogP contribution in [0.4, 0.5) is 10.1 Å². The normalized spacial score (nSPS) is 10.4. The summed E-state index contributed by atoms with van der Waals surface area (Å²) in [6.07, 6.45) is 0. The molecule has 0 bridgehead atoms. The molecule has 0 saturated carbocycles. The van der Waals surface area contributed by atoms with Gasteiger partial charge in [-0.1, -0.05) is 33.6 Å². The largest absolute Gasteiger partial charge is 0.485 e. The van der Waals surface area contributed by atoms with E-state index in [2.05, 4.69) is 15.9 Å². The standard InChI is InChI=1S/C13H10BrClFNO/c14-9-4-5-11(16)8(6-9)7-18-13-10(15)2-1-3-12(13)17/h1-6H,7,17H2. The van der Waals surface area contributed by atoms with Gasteiger partial charge in [0.1, 0.15) is 12.4 Å². The van der Waals surface area contributed by atoms with Crippen LogP contribution in [0, 0.1) is 5.82 Å². The topological polar surface area (TPSA) is 35.2 Å². The lowest BCUT2D eigenvalue weighted by Crippen LogP contribution is -2.01. The van der Waals surface area contributed by atoms with Crippen molar-refractivity contribution >= 4 is 33.2 Å². The van der Waals surface area contributed by atoms with E-state index < -0.39 is 0 Å². The van der Waals surface area contributed by atoms with Crippen LogP contribution in [0.15, 0.2) is 40.9 Å². The van der Waals surface area contributed by atoms with Crippen molar-refractivity contribution in [1.82, 2.24) is 0 Å². The van der Waals surface area contributed by atoms with Gasteiger partial charge >= 0.3 is 0 Å². The average molecular weight is 331 g/mol. The van der Waals surface area contributed by atoms with E-state index in [1.807, 2.05) is 0 Å². The highest BCUT2D eigenvalue weighted by atomic mass is 79.9. The number of rotatable bonds is 3. The minimum absolute atomic E-state index is 0.0687. The summed E-state index contributed by atoms with van der Waals surface area (Å²) in [6, 6.07) is 9.73. The molecule has 0 aromatic heterocycles. The maximum atomic E-state index is 13.5. The summed E-state index contributed by atoms with van der Waals surface area (Å²) in [5, 5.41) is 0.408. The molecule has 0 radical (unpaired) electrons. The van der Waals surface area contributed by atoms with Crippen LogP contribution in [0.5, 0.6) is 5.75 Å². The van der Waals surface area contributed by atoms with Gasteiger partial charge in [-0.15, -0.1) is 0 Å². The molecule has 2 nitrogen and oxygen atoms in total. The van der Waals surface area contributed by atoms with Gasteiger partial charge in [-0.3, -0.25) is 0 Å². The third-order valence-electron chi connectivity index (χ3n) is 2.38. The number of anilines is 1. The molecule has 0 heterocycles. The first-order valence-corrected chi connectivity index (χ1v) is 6.35. The first-order valence-electron chi connectivity index (χ1n) is 5.18. The molecular formula is C13H10BrClFNO. The van der Waals surface area contributed by atoms with Crippen molar-refractivity contribution in [3.05, 3.63) is 57.3 Å². The van der Waals surface area contributed by atoms with Crippen molar-refractivity contribution in [2.45, 2.75) is 6.61 Å². The number of nitrogens with two attached hydrogens (primary N) is 1. The Kier molecular flexibility index (Phi) is 4.09. The van der Waals surface area contributed by atoms with Crippen LogP contribution in [0.2, 0.25) is 5.02 Å². The maximum Gasteiger partial charge on any atom is 0.161 e. The first-order chi connectivity index (χ1) is 8.58. The molecule has 0 spiro atoms. The van der Waals surface area contributed by atoms with Gasteiger partial charge in [0.2, 0.25) is 0 Å². The molecule has 0 fully saturated rings. The lowest BCUT2D eigenvalue weighted by Gasteiger charge is -2.11. The van der Waals surface area contributed by atoms with E-state index in [4.69, 9.17) is 22.1 Å². The van der Waals surface area contributed by atoms with Gasteiger partial charge in [0.25, 0.3) is 0 Å². The van der Waals surface area contributed by atoms with Crippen molar-refractivity contribution in [2.75, 3.05) is 5.73 Å². The van der Waals surface area contributed by atoms with Crippen LogP contribution in [-0.2, 0) is 6.61 Å². The van der Waals surface area contributed by atoms with Crippen molar-refractivity contribution in [3.8, 4) is 5.75 Å². The molecule has 94 valence electrons. The van der Waals surface area contributed by atoms with E-state index in [1.54, 1.807) is 30.3 Å². The second-order valence-electron chi connectivity index (χ2n) is 3.68. The highest BCUT2D eigenvalue weighted by Gasteiger charge is 2.08. The van der Waals surface area contributed by atoms with Crippen molar-refractivity contribution in [2.24, 2.45) is 0 Å². The molecule has 5 heteroatoms. The van der Waals surface area contributed by atoms with Gasteiger partial charge < -0.3 is 10.5 Å². The SMILES string of the molecule is Nc1cccc(Cl)c1OCc1cc(Br)ccc1F. The quantitative estimate of drug-likeness (QED) is 0.846. The number of hydrogen-bond donors (Lipinski definition) is 1. The molecule has 0 unspecified atom stereocenters. The van der Waals surface area contributed by atoms with Crippen molar-refractivity contribution < 1.29 is 9.13 Å². The van der Waals surface area contributed by atoms with Gasteiger partial charge in [-0.2, -0.15) is 0 Å². The number of hydrogen-bond acceptors (Lipinski definition) is 2. The Morgan fingerprint density at radius 1 is 1.28 bits per heavy atom. The molecule has 0 saturated heterocycles. The Morgan fingerprint density at radius 3 is 2.78 bits per heavy atom. The first kappa shape index (κ1) is 13.2. The second-order valence-corrected chi connectivity index (χ2v) is 5.01. The minimum atomic E-state index is -0.330. The zero-order valence-electron chi connectivity index (χ0n) is 9.29. The minimum Gasteiger partial charge on any atom is -0.485 e. The van der Waals surface area contributed by atoms with Crippen LogP contribution >= 0.6 is 27.5 Å². The monoisotopic (exact) mass is 329 g/mol. The third-order valence-corrected chi connectivity index (χ3v) is 3.17. The zero-order valence-corrected chi connectivity index (χ0v) is 11.6. The Morgan fingerprint density at radius 2 is 2.06 bits per heavy atom. The van der Waals surface area contributed by atoms with E-state index in [0.29, 0.717) is 22.0 Å². The van der Waals surface area contributed by atoms with Gasteiger partial charge in [0.05, 0.1) is 10.7 Å². The molecule has 0 atom stereocenters. The zero-order chi connectivity index (χ0) is 13.1. The molecule has 0 amide bonds. The second kappa shape index (κ2) is 5.59. The van der Waals surface area contributed by atoms with Crippen LogP contribution in [0.25, 0.3) is 0 Å². The summed E-state index contributed by atoms with van der Waals surface area (Å²) in [5.74, 6) is 0.0439. The molecule has 0 aliphatic rings. The molecule has 0 aliphatic carbocycles. The number of ether oxygens (including phenoxy) is 1. The Hall–Kier alpha value is -1.26. The fourth-order valence-electron chi connectivity index (χ4n) is 1.48. The number of benzene rings is 2. The van der Waals surface area contributed by atoms with E-state index in [1.165, 1.54) is 6.07 Å². The molecule has 2 aromatic carbocycles. The molecular weight excluding hydrogens is 321 g/mol. The summed E-state index contributed by atoms with van der Waals surface area (Å²) >= 11 is 9.24. The maximum absolute atomic E-state index is 13.5. The highest BCUT2D eigenvalue weighted by Crippen LogP contribution is 2.31. The van der Waals surface area contributed by atoms with Gasteiger partial charge in [0, 0.05) is 10.0 Å². The smallest absolute Gasteiger partial charge is 0.161 e. The highest BCUT2D eigenvalue weighted by molar-refractivity contribution is 9.10. The molecule has 18 heavy (non-hydrogen) atoms. The van der Waals surface area contributed by atoms with E-state index in [0.717, 1.165) is 4.47 Å². The van der Waals surface area contributed by atoms with E-state index in [9.17, 15) is 4.39 Å². The molecule has 0 aliphatic heterocycles. The Labute approximate surface area is 118 Å². The molecule has 2 aromatic rings. The molecule has 2 rings (SSSR count). The molecule has 2 N–H and O–H groups in total. The summed E-state index contributed by atoms with van der Waals surface area (Å²) in [6.45, 7) is 0.0687. The van der Waals surface area contributed by atoms with Crippen LogP contribution < -0.4 is 10.5 Å². The van der Waals surface area contributed by atoms with Gasteiger partial charge in [-0.05, 0) is 30.3 Å². The van der Waals surface area contributed by atoms with E-state index >= 15 is 0 Å². The van der Waals surface area contributed by atoms with Crippen LogP contribution in [-0.4, -0.2) is 0 Å². The van der Waals surface area contributed by atoms with Gasteiger partial charge in [-0.25, -0.2) is 4.39 Å². The van der Waals surface area contributed by atoms with Crippen LogP contribution in [0.1, 0.15) is 5.56 Å². The Bertz CT molecular complexity index is 557. The average Bonchev–Trinajstić information content (AvgIpc) is 2.33. The summed E-state index contributed by atoms with van der Waals surface area (Å²) in [7, 11) is 0. The van der Waals surface area contributed by atoms with Crippen molar-refractivity contribution in [1.29, 1.82) is 0 Å². The fourth-order valence-corrected chi connectivity index (χ4v) is 2.13. The summed E-state index contributed by atoms with van der Waals surface area (Å²) < 4.78 is 19.8. The Balaban J connectivity index is 2.19. The van der Waals surface area contributed by atoms with Crippen molar-refractivity contribution in [3.63, 3.8) is 0 Å². The predicted molar refractivity (Wildman–Crippen MR) is 74.3 cm³/mol. The predicted octanol–water partition coefficient (Wildman–Crippen LogP) is 4.40.